The van der Waals surface area contributed by atoms with Crippen LogP contribution in [0.15, 0.2) is 29.3 Å². The first-order valence-corrected chi connectivity index (χ1v) is 9.32. The fraction of sp³-hybridized carbons (Fsp3) is 0.579. The van der Waals surface area contributed by atoms with E-state index in [9.17, 15) is 18.0 Å². The summed E-state index contributed by atoms with van der Waals surface area (Å²) in [4.78, 5) is 19.4. The number of halogens is 4. The Morgan fingerprint density at radius 2 is 1.93 bits per heavy atom. The van der Waals surface area contributed by atoms with Gasteiger partial charge < -0.3 is 15.5 Å². The van der Waals surface area contributed by atoms with Crippen LogP contribution in [0.2, 0.25) is 0 Å². The molecule has 1 aromatic rings. The maximum atomic E-state index is 12.5. The van der Waals surface area contributed by atoms with Crippen LogP contribution in [-0.4, -0.2) is 74.2 Å². The molecule has 2 N–H and O–H groups in total. The van der Waals surface area contributed by atoms with Gasteiger partial charge in [-0.25, -0.2) is 4.99 Å². The van der Waals surface area contributed by atoms with Gasteiger partial charge in [0.1, 0.15) is 0 Å². The molecule has 1 atom stereocenters. The van der Waals surface area contributed by atoms with Gasteiger partial charge in [0.05, 0.1) is 13.1 Å². The molecular formula is C19H29F3IN5O. The van der Waals surface area contributed by atoms with Crippen LogP contribution in [0.5, 0.6) is 0 Å². The summed E-state index contributed by atoms with van der Waals surface area (Å²) in [7, 11) is 3.40. The average molecular weight is 527 g/mol. The van der Waals surface area contributed by atoms with Gasteiger partial charge in [-0.3, -0.25) is 9.69 Å². The average Bonchev–Trinajstić information content (AvgIpc) is 3.04. The number of nitrogens with zero attached hydrogens (tertiary/aromatic N) is 3. The van der Waals surface area contributed by atoms with Gasteiger partial charge in [-0.1, -0.05) is 12.1 Å². The van der Waals surface area contributed by atoms with Crippen molar-refractivity contribution >= 4 is 35.8 Å². The highest BCUT2D eigenvalue weighted by Crippen LogP contribution is 2.20. The van der Waals surface area contributed by atoms with Crippen molar-refractivity contribution in [2.24, 2.45) is 4.99 Å². The third-order valence-electron chi connectivity index (χ3n) is 4.39. The monoisotopic (exact) mass is 527 g/mol. The molecule has 1 heterocycles. The van der Waals surface area contributed by atoms with E-state index in [-0.39, 0.29) is 35.9 Å². The lowest BCUT2D eigenvalue weighted by Crippen LogP contribution is -2.45. The molecular weight excluding hydrogens is 498 g/mol. The highest BCUT2D eigenvalue weighted by molar-refractivity contribution is 14.0. The predicted molar refractivity (Wildman–Crippen MR) is 119 cm³/mol. The standard InChI is InChI=1S/C19H28F3N5O.HI/c1-4-23-18(25-16-9-10-27(12-16)13-19(20,21)22)24-11-14-5-7-15(8-6-14)17(28)26(2)3;/h5-8,16H,4,9-13H2,1-3H3,(H2,23,24,25);1H. The number of carbonyl (C=O) groups excluding carboxylic acids is 1. The van der Waals surface area contributed by atoms with Gasteiger partial charge in [-0.05, 0) is 31.0 Å². The summed E-state index contributed by atoms with van der Waals surface area (Å²) in [5.74, 6) is 0.518. The minimum atomic E-state index is -4.17. The number of alkyl halides is 3. The first kappa shape index (κ1) is 25.5. The maximum absolute atomic E-state index is 12.5. The maximum Gasteiger partial charge on any atom is 0.401 e. The summed E-state index contributed by atoms with van der Waals surface area (Å²) in [6.45, 7) is 2.87. The molecule has 1 fully saturated rings. The molecule has 10 heteroatoms. The lowest BCUT2D eigenvalue weighted by molar-refractivity contribution is -0.143. The third kappa shape index (κ3) is 8.77. The number of guanidine groups is 1. The number of benzene rings is 1. The second-order valence-electron chi connectivity index (χ2n) is 7.07. The number of amides is 1. The Labute approximate surface area is 186 Å². The van der Waals surface area contributed by atoms with Gasteiger partial charge in [-0.15, -0.1) is 24.0 Å². The second-order valence-corrected chi connectivity index (χ2v) is 7.07. The molecule has 29 heavy (non-hydrogen) atoms. The summed E-state index contributed by atoms with van der Waals surface area (Å²) in [5, 5.41) is 6.34. The van der Waals surface area contributed by atoms with Crippen molar-refractivity contribution in [3.8, 4) is 0 Å². The van der Waals surface area contributed by atoms with E-state index in [1.807, 2.05) is 19.1 Å². The number of rotatable bonds is 6. The smallest absolute Gasteiger partial charge is 0.357 e. The van der Waals surface area contributed by atoms with Crippen molar-refractivity contribution in [1.82, 2.24) is 20.4 Å². The molecule has 0 bridgehead atoms. The Morgan fingerprint density at radius 1 is 1.28 bits per heavy atom. The number of carbonyl (C=O) groups is 1. The van der Waals surface area contributed by atoms with Gasteiger partial charge in [0, 0.05) is 45.3 Å². The minimum Gasteiger partial charge on any atom is -0.357 e. The van der Waals surface area contributed by atoms with E-state index in [1.165, 1.54) is 9.80 Å². The molecule has 0 spiro atoms. The van der Waals surface area contributed by atoms with E-state index >= 15 is 0 Å². The number of hydrogen-bond acceptors (Lipinski definition) is 3. The van der Waals surface area contributed by atoms with Crippen LogP contribution >= 0.6 is 24.0 Å². The first-order chi connectivity index (χ1) is 13.2. The fourth-order valence-electron chi connectivity index (χ4n) is 3.04. The zero-order valence-corrected chi connectivity index (χ0v) is 19.3. The van der Waals surface area contributed by atoms with Crippen molar-refractivity contribution in [1.29, 1.82) is 0 Å². The number of nitrogens with one attached hydrogen (secondary N) is 2. The van der Waals surface area contributed by atoms with E-state index in [0.717, 1.165) is 5.56 Å². The van der Waals surface area contributed by atoms with Crippen LogP contribution in [0.4, 0.5) is 13.2 Å². The van der Waals surface area contributed by atoms with E-state index in [4.69, 9.17) is 0 Å². The molecule has 1 aliphatic heterocycles. The topological polar surface area (TPSA) is 60.0 Å². The molecule has 1 unspecified atom stereocenters. The third-order valence-corrected chi connectivity index (χ3v) is 4.39. The van der Waals surface area contributed by atoms with E-state index < -0.39 is 12.7 Å². The van der Waals surface area contributed by atoms with Gasteiger partial charge in [-0.2, -0.15) is 13.2 Å². The normalized spacial score (nSPS) is 17.6. The predicted octanol–water partition coefficient (Wildman–Crippen LogP) is 2.70. The summed E-state index contributed by atoms with van der Waals surface area (Å²) >= 11 is 0. The molecule has 0 radical (unpaired) electrons. The van der Waals surface area contributed by atoms with Crippen LogP contribution in [0.1, 0.15) is 29.3 Å². The highest BCUT2D eigenvalue weighted by atomic mass is 127. The lowest BCUT2D eigenvalue weighted by atomic mass is 10.1. The highest BCUT2D eigenvalue weighted by Gasteiger charge is 2.34. The molecule has 0 aliphatic carbocycles. The van der Waals surface area contributed by atoms with Crippen molar-refractivity contribution in [2.45, 2.75) is 32.1 Å². The Bertz CT molecular complexity index is 679. The van der Waals surface area contributed by atoms with E-state index in [2.05, 4.69) is 15.6 Å². The van der Waals surface area contributed by atoms with E-state index in [1.54, 1.807) is 26.2 Å². The minimum absolute atomic E-state index is 0. The molecule has 164 valence electrons. The SMILES string of the molecule is CCNC(=NCc1ccc(C(=O)N(C)C)cc1)NC1CCN(CC(F)(F)F)C1.I. The van der Waals surface area contributed by atoms with Crippen molar-refractivity contribution in [3.63, 3.8) is 0 Å². The molecule has 0 aromatic heterocycles. The number of aliphatic imine (C=N–C) groups is 1. The molecule has 0 saturated carbocycles. The van der Waals surface area contributed by atoms with Crippen LogP contribution in [0, 0.1) is 0 Å². The summed E-state index contributed by atoms with van der Waals surface area (Å²) in [6.07, 6.45) is -3.53. The zero-order valence-electron chi connectivity index (χ0n) is 16.9. The van der Waals surface area contributed by atoms with Crippen molar-refractivity contribution in [2.75, 3.05) is 40.3 Å². The van der Waals surface area contributed by atoms with Crippen LogP contribution in [-0.2, 0) is 6.54 Å². The fourth-order valence-corrected chi connectivity index (χ4v) is 3.04. The van der Waals surface area contributed by atoms with Crippen LogP contribution in [0.25, 0.3) is 0 Å². The Kier molecular flexibility index (Phi) is 10.2. The lowest BCUT2D eigenvalue weighted by Gasteiger charge is -2.19. The molecule has 1 amide bonds. The van der Waals surface area contributed by atoms with Gasteiger partial charge in [0.2, 0.25) is 0 Å². The van der Waals surface area contributed by atoms with Crippen molar-refractivity contribution < 1.29 is 18.0 Å². The van der Waals surface area contributed by atoms with Crippen LogP contribution < -0.4 is 10.6 Å². The van der Waals surface area contributed by atoms with Crippen molar-refractivity contribution in [3.05, 3.63) is 35.4 Å². The summed E-state index contributed by atoms with van der Waals surface area (Å²) < 4.78 is 37.6. The molecule has 2 rings (SSSR count). The Balaban J connectivity index is 0.00000420. The largest absolute Gasteiger partial charge is 0.401 e. The Hall–Kier alpha value is -1.56. The molecule has 1 aliphatic rings. The zero-order chi connectivity index (χ0) is 20.7. The summed E-state index contributed by atoms with van der Waals surface area (Å²) in [6, 6.07) is 7.16. The number of likely N-dealkylation sites (tertiary alicyclic amines) is 1. The Morgan fingerprint density at radius 3 is 2.48 bits per heavy atom. The van der Waals surface area contributed by atoms with Gasteiger partial charge in [0.15, 0.2) is 5.96 Å². The van der Waals surface area contributed by atoms with E-state index in [0.29, 0.717) is 44.1 Å². The van der Waals surface area contributed by atoms with Gasteiger partial charge in [0.25, 0.3) is 5.91 Å². The van der Waals surface area contributed by atoms with Crippen LogP contribution in [0.3, 0.4) is 0 Å². The molecule has 1 saturated heterocycles. The quantitative estimate of drug-likeness (QED) is 0.340. The molecule has 6 nitrogen and oxygen atoms in total. The van der Waals surface area contributed by atoms with Gasteiger partial charge >= 0.3 is 6.18 Å². The second kappa shape index (κ2) is 11.6. The first-order valence-electron chi connectivity index (χ1n) is 9.32. The number of hydrogen-bond donors (Lipinski definition) is 2. The summed E-state index contributed by atoms with van der Waals surface area (Å²) in [5.41, 5.74) is 1.55. The molecule has 1 aromatic carbocycles.